The van der Waals surface area contributed by atoms with Gasteiger partial charge in [-0.1, -0.05) is 0 Å². The molecule has 0 radical (unpaired) electrons. The van der Waals surface area contributed by atoms with Crippen molar-refractivity contribution < 1.29 is 36.8 Å². The van der Waals surface area contributed by atoms with Crippen molar-refractivity contribution in [2.75, 3.05) is 23.5 Å². The summed E-state index contributed by atoms with van der Waals surface area (Å²) in [5.41, 5.74) is 1.19. The van der Waals surface area contributed by atoms with E-state index in [9.17, 15) is 22.6 Å². The molecule has 1 unspecified atom stereocenters. The number of imide groups is 1. The molecule has 0 fully saturated rings. The van der Waals surface area contributed by atoms with Gasteiger partial charge in [-0.2, -0.15) is 18.5 Å². The van der Waals surface area contributed by atoms with Crippen LogP contribution < -0.4 is 9.64 Å². The normalized spacial score (nSPS) is 15.5. The van der Waals surface area contributed by atoms with Gasteiger partial charge in [0.25, 0.3) is 10.1 Å². The fourth-order valence-electron chi connectivity index (χ4n) is 4.72. The monoisotopic (exact) mass is 650 g/mol. The average Bonchev–Trinajstić information content (AvgIpc) is 3.08. The number of nitrogens with zero attached hydrogens (tertiary/aromatic N) is 6. The number of hydrogen-bond donors (Lipinski definition) is 1. The number of carbonyl (C=O) groups excluding carboxylic acids is 2. The summed E-state index contributed by atoms with van der Waals surface area (Å²) in [6.07, 6.45) is -0.160. The molecular weight excluding hydrogens is 612 g/mol. The summed E-state index contributed by atoms with van der Waals surface area (Å²) >= 11 is 1.22. The molecule has 4 heterocycles. The molecule has 1 aliphatic heterocycles. The molecule has 0 bridgehead atoms. The Morgan fingerprint density at radius 2 is 1.70 bits per heavy atom. The van der Waals surface area contributed by atoms with Gasteiger partial charge in [0.15, 0.2) is 5.65 Å². The van der Waals surface area contributed by atoms with Crippen molar-refractivity contribution in [3.63, 3.8) is 0 Å². The third-order valence-corrected chi connectivity index (χ3v) is 8.50. The van der Waals surface area contributed by atoms with E-state index in [2.05, 4.69) is 15.0 Å². The highest BCUT2D eigenvalue weighted by atomic mass is 32.2. The number of aromatic nitrogens is 5. The van der Waals surface area contributed by atoms with Crippen molar-refractivity contribution in [2.24, 2.45) is 5.92 Å². The fraction of sp³-hybridized carbons (Fsp3) is 0.571. The second-order valence-electron chi connectivity index (χ2n) is 12.6. The molecule has 0 saturated heterocycles. The lowest BCUT2D eigenvalue weighted by Gasteiger charge is -2.27. The molecule has 0 aliphatic carbocycles. The zero-order valence-corrected chi connectivity index (χ0v) is 27.9. The Hall–Kier alpha value is -3.50. The summed E-state index contributed by atoms with van der Waals surface area (Å²) in [6, 6.07) is 0. The van der Waals surface area contributed by atoms with Gasteiger partial charge in [0.2, 0.25) is 5.95 Å². The third kappa shape index (κ3) is 7.77. The van der Waals surface area contributed by atoms with Crippen LogP contribution in [0.1, 0.15) is 64.1 Å². The van der Waals surface area contributed by atoms with Gasteiger partial charge in [-0.25, -0.2) is 19.3 Å². The number of carbonyl (C=O) groups is 2. The summed E-state index contributed by atoms with van der Waals surface area (Å²) in [5, 5.41) is 5.70. The van der Waals surface area contributed by atoms with Crippen LogP contribution in [0, 0.1) is 19.8 Å². The topological polar surface area (TPSA) is 176 Å². The van der Waals surface area contributed by atoms with E-state index in [0.29, 0.717) is 32.4 Å². The molecule has 1 atom stereocenters. The number of pyridine rings is 1. The summed E-state index contributed by atoms with van der Waals surface area (Å²) in [7, 11) is -2.70. The highest BCUT2D eigenvalue weighted by Gasteiger charge is 2.37. The minimum atomic E-state index is -4.27. The van der Waals surface area contributed by atoms with Crippen molar-refractivity contribution in [3.05, 3.63) is 28.7 Å². The van der Waals surface area contributed by atoms with E-state index in [-0.39, 0.29) is 30.3 Å². The maximum atomic E-state index is 13.4. The lowest BCUT2D eigenvalue weighted by atomic mass is 10.1. The van der Waals surface area contributed by atoms with Crippen LogP contribution in [0.25, 0.3) is 11.0 Å². The zero-order chi connectivity index (χ0) is 32.8. The number of ether oxygens (including phenoxy) is 3. The van der Waals surface area contributed by atoms with Crippen LogP contribution in [0.5, 0.6) is 5.75 Å². The molecule has 3 aromatic heterocycles. The smallest absolute Gasteiger partial charge is 0.427 e. The largest absolute Gasteiger partial charge is 0.496 e. The molecule has 2 amide bonds. The number of methoxy groups -OCH3 is 1. The van der Waals surface area contributed by atoms with Gasteiger partial charge in [-0.15, -0.1) is 16.7 Å². The third-order valence-electron chi connectivity index (χ3n) is 6.40. The molecular formula is C28H38N6O8S2. The van der Waals surface area contributed by atoms with Crippen LogP contribution in [-0.2, 0) is 32.6 Å². The molecule has 0 spiro atoms. The average molecular weight is 651 g/mol. The van der Waals surface area contributed by atoms with Gasteiger partial charge in [0, 0.05) is 23.1 Å². The fourth-order valence-corrected chi connectivity index (χ4v) is 6.83. The van der Waals surface area contributed by atoms with Crippen molar-refractivity contribution in [3.8, 4) is 5.75 Å². The number of rotatable bonds is 6. The van der Waals surface area contributed by atoms with Crippen LogP contribution in [0.15, 0.2) is 11.2 Å². The lowest BCUT2D eigenvalue weighted by molar-refractivity contribution is 0.0427. The Morgan fingerprint density at radius 3 is 2.25 bits per heavy atom. The summed E-state index contributed by atoms with van der Waals surface area (Å²) in [5.74, 6) is -0.313. The Labute approximate surface area is 260 Å². The van der Waals surface area contributed by atoms with Crippen molar-refractivity contribution in [2.45, 2.75) is 84.6 Å². The highest BCUT2D eigenvalue weighted by Crippen LogP contribution is 2.37. The molecule has 4 rings (SSSR count). The van der Waals surface area contributed by atoms with Gasteiger partial charge < -0.3 is 14.2 Å². The van der Waals surface area contributed by atoms with E-state index in [1.807, 2.05) is 13.8 Å². The van der Waals surface area contributed by atoms with Crippen LogP contribution in [0.4, 0.5) is 15.5 Å². The van der Waals surface area contributed by atoms with E-state index in [4.69, 9.17) is 19.3 Å². The first kappa shape index (κ1) is 33.4. The zero-order valence-electron chi connectivity index (χ0n) is 26.3. The minimum absolute atomic E-state index is 0.140. The quantitative estimate of drug-likeness (QED) is 0.287. The van der Waals surface area contributed by atoms with Gasteiger partial charge in [0.1, 0.15) is 22.0 Å². The maximum Gasteiger partial charge on any atom is 0.427 e. The highest BCUT2D eigenvalue weighted by molar-refractivity contribution is 7.99. The number of thioether (sulfide) groups is 1. The van der Waals surface area contributed by atoms with Crippen molar-refractivity contribution in [1.82, 2.24) is 24.7 Å². The SMILES string of the molecule is COc1c(C)cnc(Cn2nc3c4c(nc(N(C(=O)OC(C)(C)C)C(=O)OC(C)(C)C)nc42)SCC(CS(=O)(=O)O)C3)c1C. The minimum Gasteiger partial charge on any atom is -0.496 e. The number of aryl methyl sites for hydroxylation is 1. The first-order valence-corrected chi connectivity index (χ1v) is 16.5. The standard InChI is InChI=1S/C28H38N6O8S2/c1-15-11-29-19(16(2)21(15)40-9)12-33-22-20-18(32-33)10-17(14-44(37,38)39)13-43-23(20)31-24(30-22)34(25(35)41-27(3,4)5)26(36)42-28(6,7)8/h11,17H,10,12-14H2,1-9H3,(H,37,38,39). The van der Waals surface area contributed by atoms with E-state index < -0.39 is 45.2 Å². The van der Waals surface area contributed by atoms with Gasteiger partial charge in [-0.3, -0.25) is 9.54 Å². The first-order valence-electron chi connectivity index (χ1n) is 13.9. The van der Waals surface area contributed by atoms with Crippen molar-refractivity contribution >= 4 is 51.0 Å². The second kappa shape index (κ2) is 12.1. The molecule has 14 nitrogen and oxygen atoms in total. The van der Waals surface area contributed by atoms with E-state index >= 15 is 0 Å². The van der Waals surface area contributed by atoms with Gasteiger partial charge >= 0.3 is 12.2 Å². The Kier molecular flexibility index (Phi) is 9.20. The Balaban J connectivity index is 1.92. The number of hydrogen-bond acceptors (Lipinski definition) is 12. The van der Waals surface area contributed by atoms with E-state index in [1.54, 1.807) is 59.5 Å². The Bertz CT molecular complexity index is 1680. The lowest BCUT2D eigenvalue weighted by Crippen LogP contribution is -2.44. The van der Waals surface area contributed by atoms with Crippen LogP contribution in [-0.4, -0.2) is 79.7 Å². The predicted molar refractivity (Wildman–Crippen MR) is 164 cm³/mol. The summed E-state index contributed by atoms with van der Waals surface area (Å²) in [6.45, 7) is 13.9. The van der Waals surface area contributed by atoms with Crippen LogP contribution >= 0.6 is 11.8 Å². The second-order valence-corrected chi connectivity index (χ2v) is 15.1. The van der Waals surface area contributed by atoms with Crippen LogP contribution in [0.2, 0.25) is 0 Å². The molecule has 240 valence electrons. The van der Waals surface area contributed by atoms with Crippen LogP contribution in [0.3, 0.4) is 0 Å². The van der Waals surface area contributed by atoms with E-state index in [0.717, 1.165) is 11.1 Å². The maximum absolute atomic E-state index is 13.4. The number of anilines is 1. The molecule has 0 aromatic carbocycles. The van der Waals surface area contributed by atoms with Gasteiger partial charge in [0.05, 0.1) is 36.2 Å². The molecule has 44 heavy (non-hydrogen) atoms. The number of amides is 2. The predicted octanol–water partition coefficient (Wildman–Crippen LogP) is 4.72. The molecule has 1 aliphatic rings. The van der Waals surface area contributed by atoms with Crippen molar-refractivity contribution in [1.29, 1.82) is 0 Å². The Morgan fingerprint density at radius 1 is 1.09 bits per heavy atom. The molecule has 1 N–H and O–H groups in total. The molecule has 0 saturated carbocycles. The molecule has 3 aromatic rings. The molecule has 16 heteroatoms. The summed E-state index contributed by atoms with van der Waals surface area (Å²) < 4.78 is 51.3. The summed E-state index contributed by atoms with van der Waals surface area (Å²) in [4.78, 5) is 41.3. The van der Waals surface area contributed by atoms with E-state index in [1.165, 1.54) is 11.8 Å². The first-order chi connectivity index (χ1) is 20.3. The van der Waals surface area contributed by atoms with Gasteiger partial charge in [-0.05, 0) is 67.7 Å².